The van der Waals surface area contributed by atoms with E-state index >= 15 is 0 Å². The highest BCUT2D eigenvalue weighted by Gasteiger charge is 2.19. The van der Waals surface area contributed by atoms with Crippen molar-refractivity contribution in [2.24, 2.45) is 0 Å². The van der Waals surface area contributed by atoms with Gasteiger partial charge in [-0.1, -0.05) is 82.2 Å². The third-order valence-corrected chi connectivity index (χ3v) is 1.53. The van der Waals surface area contributed by atoms with Crippen molar-refractivity contribution in [3.63, 3.8) is 0 Å². The van der Waals surface area contributed by atoms with Gasteiger partial charge >= 0.3 is 0 Å². The number of allylic oxidation sites excluding steroid dienone is 1. The van der Waals surface area contributed by atoms with E-state index in [9.17, 15) is 0 Å². The molecule has 1 aromatic rings. The lowest BCUT2D eigenvalue weighted by atomic mass is 9.96. The molecule has 0 saturated carbocycles. The third kappa shape index (κ3) is 13.3. The summed E-state index contributed by atoms with van der Waals surface area (Å²) in [5, 5.41) is 4.09. The molecule has 0 saturated heterocycles. The van der Waals surface area contributed by atoms with Gasteiger partial charge in [-0.15, -0.1) is 0 Å². The zero-order valence-electron chi connectivity index (χ0n) is 16.1. The maximum absolute atomic E-state index is 4.21. The van der Waals surface area contributed by atoms with Gasteiger partial charge in [0.25, 0.3) is 0 Å². The van der Waals surface area contributed by atoms with Crippen LogP contribution in [0.25, 0.3) is 6.20 Å². The summed E-state index contributed by atoms with van der Waals surface area (Å²) < 4.78 is 1.81. The molecule has 0 aliphatic heterocycles. The van der Waals surface area contributed by atoms with Crippen molar-refractivity contribution in [3.05, 3.63) is 18.2 Å². The van der Waals surface area contributed by atoms with E-state index in [2.05, 4.69) is 30.9 Å². The summed E-state index contributed by atoms with van der Waals surface area (Å²) >= 11 is 0. The molecule has 1 aromatic heterocycles. The molecule has 0 aromatic carbocycles. The average molecular weight is 286 g/mol. The molecule has 3 heteroatoms. The quantitative estimate of drug-likeness (QED) is 0.617. The zero-order valence-corrected chi connectivity index (χ0v) is 16.1. The summed E-state index contributed by atoms with van der Waals surface area (Å²) in [6.45, 7) is 24.3. The fraction of sp³-hybridized carbons (Fsp3) is 0.765. The fourth-order valence-corrected chi connectivity index (χ4v) is 1.04. The molecule has 0 spiro atoms. The number of hydrogen-bond donors (Lipinski definition) is 0. The van der Waals surface area contributed by atoms with Gasteiger partial charge in [0.15, 0.2) is 0 Å². The lowest BCUT2D eigenvalue weighted by molar-refractivity contribution is 0.532. The number of rotatable bonds is 1. The maximum Gasteiger partial charge on any atom is 0.138 e. The van der Waals surface area contributed by atoms with Crippen LogP contribution in [0.15, 0.2) is 12.4 Å². The van der Waals surface area contributed by atoms with Gasteiger partial charge in [0, 0.05) is 11.6 Å². The van der Waals surface area contributed by atoms with E-state index in [0.29, 0.717) is 0 Å². The van der Waals surface area contributed by atoms with Crippen molar-refractivity contribution in [2.75, 3.05) is 0 Å². The van der Waals surface area contributed by atoms with E-state index < -0.39 is 0 Å². The Morgan fingerprint density at radius 1 is 0.900 bits per heavy atom. The molecule has 0 amide bonds. The fourth-order valence-electron chi connectivity index (χ4n) is 1.04. The smallest absolute Gasteiger partial charge is 0.138 e. The minimum Gasteiger partial charge on any atom is -0.225 e. The van der Waals surface area contributed by atoms with E-state index in [1.54, 1.807) is 11.0 Å². The molecular weight excluding hydrogens is 246 g/mol. The number of aromatic nitrogens is 3. The van der Waals surface area contributed by atoms with Crippen molar-refractivity contribution in [2.45, 2.75) is 88.5 Å². The van der Waals surface area contributed by atoms with Crippen molar-refractivity contribution in [3.8, 4) is 0 Å². The Morgan fingerprint density at radius 2 is 1.30 bits per heavy atom. The zero-order chi connectivity index (χ0) is 17.2. The van der Waals surface area contributed by atoms with Crippen molar-refractivity contribution >= 4 is 6.20 Å². The van der Waals surface area contributed by atoms with E-state index in [1.807, 2.05) is 74.6 Å². The molecule has 0 fully saturated rings. The Morgan fingerprint density at radius 3 is 1.60 bits per heavy atom. The van der Waals surface area contributed by atoms with Crippen LogP contribution in [0.5, 0.6) is 0 Å². The average Bonchev–Trinajstić information content (AvgIpc) is 2.96. The molecule has 0 aliphatic rings. The van der Waals surface area contributed by atoms with Crippen molar-refractivity contribution < 1.29 is 0 Å². The summed E-state index contributed by atoms with van der Waals surface area (Å²) in [7, 11) is 0. The van der Waals surface area contributed by atoms with E-state index in [0.717, 1.165) is 5.82 Å². The van der Waals surface area contributed by atoms with Gasteiger partial charge in [-0.2, -0.15) is 5.10 Å². The second kappa shape index (κ2) is 20.2. The second-order valence-electron chi connectivity index (χ2n) is 3.76. The normalized spacial score (nSPS) is 8.80. The van der Waals surface area contributed by atoms with Crippen LogP contribution in [0.1, 0.15) is 88.9 Å². The first-order valence-electron chi connectivity index (χ1n) is 8.08. The van der Waals surface area contributed by atoms with Gasteiger partial charge in [-0.05, 0) is 6.92 Å². The van der Waals surface area contributed by atoms with Crippen LogP contribution in [-0.4, -0.2) is 14.8 Å². The first-order chi connectivity index (χ1) is 9.55. The Labute approximate surface area is 128 Å². The molecule has 0 atom stereocenters. The summed E-state index contributed by atoms with van der Waals surface area (Å²) in [4.78, 5) is 4.21. The van der Waals surface area contributed by atoms with Crippen LogP contribution in [0.4, 0.5) is 0 Å². The number of hydrogen-bond acceptors (Lipinski definition) is 2. The Hall–Kier alpha value is -1.12. The first kappa shape index (κ1) is 27.3. The molecule has 1 heterocycles. The largest absolute Gasteiger partial charge is 0.225 e. The summed E-state index contributed by atoms with van der Waals surface area (Å²) in [5.74, 6) is 0.987. The highest BCUT2D eigenvalue weighted by atomic mass is 15.3. The lowest BCUT2D eigenvalue weighted by Gasteiger charge is -2.16. The predicted molar refractivity (Wildman–Crippen MR) is 95.1 cm³/mol. The van der Waals surface area contributed by atoms with Crippen LogP contribution in [0.3, 0.4) is 0 Å². The molecule has 20 heavy (non-hydrogen) atoms. The van der Waals surface area contributed by atoms with Gasteiger partial charge in [0.1, 0.15) is 12.2 Å². The first-order valence-corrected chi connectivity index (χ1v) is 8.08. The van der Waals surface area contributed by atoms with Crippen molar-refractivity contribution in [1.82, 2.24) is 14.8 Å². The Bertz CT molecular complexity index is 281. The Kier molecular flexibility index (Phi) is 27.5. The second-order valence-corrected chi connectivity index (χ2v) is 3.76. The lowest BCUT2D eigenvalue weighted by Crippen LogP contribution is -2.17. The molecule has 0 unspecified atom stereocenters. The molecule has 0 N–H and O–H groups in total. The van der Waals surface area contributed by atoms with Crippen LogP contribution < -0.4 is 0 Å². The molecule has 0 aliphatic carbocycles. The monoisotopic (exact) mass is 285 g/mol. The highest BCUT2D eigenvalue weighted by Crippen LogP contribution is 2.18. The molecule has 3 nitrogen and oxygen atoms in total. The van der Waals surface area contributed by atoms with E-state index in [1.165, 1.54) is 0 Å². The number of nitrogens with zero attached hydrogens (tertiary/aromatic N) is 3. The van der Waals surface area contributed by atoms with Gasteiger partial charge < -0.3 is 0 Å². The topological polar surface area (TPSA) is 30.7 Å². The van der Waals surface area contributed by atoms with Crippen LogP contribution in [-0.2, 0) is 5.41 Å². The summed E-state index contributed by atoms with van der Waals surface area (Å²) in [6, 6.07) is 0. The van der Waals surface area contributed by atoms with Gasteiger partial charge in [0.2, 0.25) is 0 Å². The maximum atomic E-state index is 4.21. The molecule has 0 radical (unpaired) electrons. The third-order valence-electron chi connectivity index (χ3n) is 1.53. The van der Waals surface area contributed by atoms with Crippen molar-refractivity contribution in [1.29, 1.82) is 0 Å². The van der Waals surface area contributed by atoms with E-state index in [-0.39, 0.29) is 5.41 Å². The summed E-state index contributed by atoms with van der Waals surface area (Å²) in [5.41, 5.74) is 0.0516. The minimum absolute atomic E-state index is 0.0516. The van der Waals surface area contributed by atoms with Crippen LogP contribution in [0.2, 0.25) is 0 Å². The van der Waals surface area contributed by atoms with E-state index in [4.69, 9.17) is 0 Å². The highest BCUT2D eigenvalue weighted by molar-refractivity contribution is 5.22. The van der Waals surface area contributed by atoms with Gasteiger partial charge in [0.05, 0.1) is 0 Å². The van der Waals surface area contributed by atoms with Crippen LogP contribution in [0, 0.1) is 0 Å². The molecule has 0 bridgehead atoms. The van der Waals surface area contributed by atoms with Crippen LogP contribution >= 0.6 is 0 Å². The molecular formula is C17H39N3. The standard InChI is InChI=1S/C9H15N3.4C2H6/c1-5-6-12-8(9(2,3)4)10-7-11-12;4*1-2/h5-7H,1-4H3;4*1-2H3/b6-5-;;;;. The minimum atomic E-state index is 0.0516. The SMILES string of the molecule is C/C=C\n1ncnc1C(C)(C)C.CC.CC.CC.CC. The van der Waals surface area contributed by atoms with Gasteiger partial charge in [-0.25, -0.2) is 9.67 Å². The molecule has 122 valence electrons. The predicted octanol–water partition coefficient (Wildman–Crippen LogP) is 6.17. The molecule has 1 rings (SSSR count). The Balaban J connectivity index is -0.000000138. The van der Waals surface area contributed by atoms with Gasteiger partial charge in [-0.3, -0.25) is 0 Å². The summed E-state index contributed by atoms with van der Waals surface area (Å²) in [6.07, 6.45) is 5.44.